The molecule has 2 aromatic rings. The first-order valence-corrected chi connectivity index (χ1v) is 7.08. The number of amides is 1. The SMILES string of the molecule is CN(Cc1cnn(C)c1)C(=O)C(N)CCc1ccccc1. The molecule has 1 unspecified atom stereocenters. The van der Waals surface area contributed by atoms with E-state index in [0.29, 0.717) is 13.0 Å². The van der Waals surface area contributed by atoms with Crippen LogP contribution in [0.1, 0.15) is 17.5 Å². The molecule has 0 aliphatic heterocycles. The Labute approximate surface area is 125 Å². The second-order valence-electron chi connectivity index (χ2n) is 5.35. The Hall–Kier alpha value is -2.14. The monoisotopic (exact) mass is 286 g/mol. The number of carbonyl (C=O) groups is 1. The zero-order valence-corrected chi connectivity index (χ0v) is 12.6. The fourth-order valence-electron chi connectivity index (χ4n) is 2.28. The van der Waals surface area contributed by atoms with Crippen LogP contribution in [-0.4, -0.2) is 33.7 Å². The maximum Gasteiger partial charge on any atom is 0.239 e. The molecule has 2 N–H and O–H groups in total. The quantitative estimate of drug-likeness (QED) is 0.871. The largest absolute Gasteiger partial charge is 0.340 e. The standard InChI is InChI=1S/C16H22N4O/c1-19(11-14-10-18-20(2)12-14)16(21)15(17)9-8-13-6-4-3-5-7-13/h3-7,10,12,15H,8-9,11,17H2,1-2H3. The van der Waals surface area contributed by atoms with Crippen molar-refractivity contribution in [3.05, 3.63) is 53.9 Å². The Morgan fingerprint density at radius 3 is 2.67 bits per heavy atom. The summed E-state index contributed by atoms with van der Waals surface area (Å²) in [4.78, 5) is 13.9. The fourth-order valence-corrected chi connectivity index (χ4v) is 2.28. The summed E-state index contributed by atoms with van der Waals surface area (Å²) in [6.45, 7) is 0.533. The molecule has 0 saturated carbocycles. The molecular weight excluding hydrogens is 264 g/mol. The van der Waals surface area contributed by atoms with Gasteiger partial charge in [-0.25, -0.2) is 0 Å². The molecule has 1 aromatic carbocycles. The summed E-state index contributed by atoms with van der Waals surface area (Å²) in [7, 11) is 3.63. The summed E-state index contributed by atoms with van der Waals surface area (Å²) < 4.78 is 1.73. The minimum absolute atomic E-state index is 0.0326. The van der Waals surface area contributed by atoms with Crippen molar-refractivity contribution in [2.75, 3.05) is 7.05 Å². The van der Waals surface area contributed by atoms with Crippen LogP contribution in [0.15, 0.2) is 42.7 Å². The van der Waals surface area contributed by atoms with E-state index < -0.39 is 6.04 Å². The number of nitrogens with two attached hydrogens (primary N) is 1. The number of aromatic nitrogens is 2. The molecule has 5 nitrogen and oxygen atoms in total. The highest BCUT2D eigenvalue weighted by atomic mass is 16.2. The van der Waals surface area contributed by atoms with Crippen LogP contribution in [0, 0.1) is 0 Å². The van der Waals surface area contributed by atoms with Gasteiger partial charge in [-0.15, -0.1) is 0 Å². The van der Waals surface area contributed by atoms with Crippen LogP contribution in [-0.2, 0) is 24.8 Å². The Balaban J connectivity index is 1.83. The Morgan fingerprint density at radius 1 is 1.33 bits per heavy atom. The number of rotatable bonds is 6. The van der Waals surface area contributed by atoms with E-state index in [1.807, 2.05) is 31.4 Å². The average molecular weight is 286 g/mol. The van der Waals surface area contributed by atoms with Crippen LogP contribution in [0.4, 0.5) is 0 Å². The molecule has 21 heavy (non-hydrogen) atoms. The van der Waals surface area contributed by atoms with Crippen LogP contribution in [0.2, 0.25) is 0 Å². The van der Waals surface area contributed by atoms with Crippen molar-refractivity contribution in [2.45, 2.75) is 25.4 Å². The summed E-state index contributed by atoms with van der Waals surface area (Å²) in [5.74, 6) is -0.0326. The van der Waals surface area contributed by atoms with Crippen molar-refractivity contribution in [3.63, 3.8) is 0 Å². The lowest BCUT2D eigenvalue weighted by atomic mass is 10.0. The minimum atomic E-state index is -0.466. The van der Waals surface area contributed by atoms with Gasteiger partial charge in [-0.05, 0) is 18.4 Å². The van der Waals surface area contributed by atoms with Gasteiger partial charge < -0.3 is 10.6 Å². The lowest BCUT2D eigenvalue weighted by Gasteiger charge is -2.20. The van der Waals surface area contributed by atoms with Crippen LogP contribution in [0.25, 0.3) is 0 Å². The number of hydrogen-bond acceptors (Lipinski definition) is 3. The third kappa shape index (κ3) is 4.43. The van der Waals surface area contributed by atoms with E-state index >= 15 is 0 Å². The normalized spacial score (nSPS) is 12.1. The van der Waals surface area contributed by atoms with Gasteiger partial charge in [0.25, 0.3) is 0 Å². The van der Waals surface area contributed by atoms with Gasteiger partial charge in [0, 0.05) is 32.4 Å². The maximum absolute atomic E-state index is 12.2. The van der Waals surface area contributed by atoms with Crippen molar-refractivity contribution >= 4 is 5.91 Å². The fraction of sp³-hybridized carbons (Fsp3) is 0.375. The summed E-state index contributed by atoms with van der Waals surface area (Å²) >= 11 is 0. The average Bonchev–Trinajstić information content (AvgIpc) is 2.90. The number of hydrogen-bond donors (Lipinski definition) is 1. The Bertz CT molecular complexity index is 579. The van der Waals surface area contributed by atoms with Crippen LogP contribution in [0.3, 0.4) is 0 Å². The van der Waals surface area contributed by atoms with Crippen molar-refractivity contribution in [2.24, 2.45) is 12.8 Å². The third-order valence-corrected chi connectivity index (χ3v) is 3.46. The second kappa shape index (κ2) is 7.04. The number of likely N-dealkylation sites (N-methyl/N-ethyl adjacent to an activating group) is 1. The smallest absolute Gasteiger partial charge is 0.239 e. The van der Waals surface area contributed by atoms with E-state index in [9.17, 15) is 4.79 Å². The van der Waals surface area contributed by atoms with E-state index in [1.54, 1.807) is 22.8 Å². The van der Waals surface area contributed by atoms with Crippen LogP contribution < -0.4 is 5.73 Å². The first-order chi connectivity index (χ1) is 10.1. The number of nitrogens with zero attached hydrogens (tertiary/aromatic N) is 3. The third-order valence-electron chi connectivity index (χ3n) is 3.46. The molecule has 1 amide bonds. The number of carbonyl (C=O) groups excluding carboxylic acids is 1. The van der Waals surface area contributed by atoms with Gasteiger partial charge in [0.1, 0.15) is 0 Å². The highest BCUT2D eigenvalue weighted by Gasteiger charge is 2.18. The van der Waals surface area contributed by atoms with Gasteiger partial charge in [0.2, 0.25) is 5.91 Å². The molecular formula is C16H22N4O. The van der Waals surface area contributed by atoms with Gasteiger partial charge in [0.05, 0.1) is 12.2 Å². The molecule has 112 valence electrons. The molecule has 0 aliphatic carbocycles. The topological polar surface area (TPSA) is 64.2 Å². The van der Waals surface area contributed by atoms with E-state index in [4.69, 9.17) is 5.73 Å². The summed E-state index contributed by atoms with van der Waals surface area (Å²) in [5, 5.41) is 4.10. The Kier molecular flexibility index (Phi) is 5.11. The lowest BCUT2D eigenvalue weighted by molar-refractivity contribution is -0.131. The zero-order chi connectivity index (χ0) is 15.2. The molecule has 2 rings (SSSR count). The van der Waals surface area contributed by atoms with Gasteiger partial charge in [-0.2, -0.15) is 5.10 Å². The van der Waals surface area contributed by atoms with Gasteiger partial charge in [-0.1, -0.05) is 30.3 Å². The van der Waals surface area contributed by atoms with Crippen molar-refractivity contribution in [3.8, 4) is 0 Å². The van der Waals surface area contributed by atoms with Crippen molar-refractivity contribution < 1.29 is 4.79 Å². The highest BCUT2D eigenvalue weighted by Crippen LogP contribution is 2.07. The van der Waals surface area contributed by atoms with Gasteiger partial charge in [0.15, 0.2) is 0 Å². The molecule has 0 spiro atoms. The van der Waals surface area contributed by atoms with E-state index in [-0.39, 0.29) is 5.91 Å². The molecule has 1 atom stereocenters. The van der Waals surface area contributed by atoms with Crippen molar-refractivity contribution in [1.82, 2.24) is 14.7 Å². The number of benzene rings is 1. The first-order valence-electron chi connectivity index (χ1n) is 7.08. The minimum Gasteiger partial charge on any atom is -0.340 e. The summed E-state index contributed by atoms with van der Waals surface area (Å²) in [6, 6.07) is 9.62. The van der Waals surface area contributed by atoms with Crippen LogP contribution in [0.5, 0.6) is 0 Å². The van der Waals surface area contributed by atoms with Crippen LogP contribution >= 0.6 is 0 Å². The molecule has 0 fully saturated rings. The molecule has 5 heteroatoms. The molecule has 1 heterocycles. The number of aryl methyl sites for hydroxylation is 2. The molecule has 0 saturated heterocycles. The highest BCUT2D eigenvalue weighted by molar-refractivity contribution is 5.81. The van der Waals surface area contributed by atoms with Crippen molar-refractivity contribution in [1.29, 1.82) is 0 Å². The summed E-state index contributed by atoms with van der Waals surface area (Å²) in [5.41, 5.74) is 8.22. The van der Waals surface area contributed by atoms with E-state index in [0.717, 1.165) is 12.0 Å². The molecule has 1 aromatic heterocycles. The lowest BCUT2D eigenvalue weighted by Crippen LogP contribution is -2.41. The molecule has 0 bridgehead atoms. The second-order valence-corrected chi connectivity index (χ2v) is 5.35. The maximum atomic E-state index is 12.2. The summed E-state index contributed by atoms with van der Waals surface area (Å²) in [6.07, 6.45) is 5.13. The van der Waals surface area contributed by atoms with E-state index in [1.165, 1.54) is 5.56 Å². The predicted octanol–water partition coefficient (Wildman–Crippen LogP) is 1.34. The molecule has 0 radical (unpaired) electrons. The zero-order valence-electron chi connectivity index (χ0n) is 12.6. The first kappa shape index (κ1) is 15.3. The predicted molar refractivity (Wildman–Crippen MR) is 82.4 cm³/mol. The Morgan fingerprint density at radius 2 is 2.05 bits per heavy atom. The van der Waals surface area contributed by atoms with Gasteiger partial charge in [-0.3, -0.25) is 9.48 Å². The van der Waals surface area contributed by atoms with Gasteiger partial charge >= 0.3 is 0 Å². The van der Waals surface area contributed by atoms with E-state index in [2.05, 4.69) is 17.2 Å². The molecule has 0 aliphatic rings.